The van der Waals surface area contributed by atoms with Crippen LogP contribution in [0.25, 0.3) is 0 Å². The van der Waals surface area contributed by atoms with E-state index < -0.39 is 11.3 Å². The summed E-state index contributed by atoms with van der Waals surface area (Å²) in [7, 11) is 1.46. The van der Waals surface area contributed by atoms with E-state index in [9.17, 15) is 24.4 Å². The van der Waals surface area contributed by atoms with Gasteiger partial charge in [0.1, 0.15) is 23.0 Å². The van der Waals surface area contributed by atoms with Gasteiger partial charge >= 0.3 is 0 Å². The number of aryl methyl sites for hydroxylation is 1. The summed E-state index contributed by atoms with van der Waals surface area (Å²) in [4.78, 5) is 53.7. The van der Waals surface area contributed by atoms with E-state index in [1.165, 1.54) is 11.9 Å². The lowest BCUT2D eigenvalue weighted by atomic mass is 9.71. The number of nitrogens with zero attached hydrogens (tertiary/aromatic N) is 3. The first-order valence-electron chi connectivity index (χ1n) is 17.2. The molecule has 0 saturated heterocycles. The lowest BCUT2D eigenvalue weighted by Gasteiger charge is -2.32. The summed E-state index contributed by atoms with van der Waals surface area (Å²) < 4.78 is 12.3. The molecule has 0 aliphatic carbocycles. The molecule has 0 saturated carbocycles. The standard InChI is InChI=1S/C45H31N3O6.CH4/c1-27-5-4-6-32(23-27)48-43(51)38-22-20-36(25-40(38)44(48)52)54-34-17-13-31(14-18-34)45(2,29-9-7-28(26-46)8-10-29)30-11-15-33(16-12-30)53-35-19-21-37-39(24-35)42(50)47(3)41(37)49;/h4-25H,1-3H3;1H4. The summed E-state index contributed by atoms with van der Waals surface area (Å²) in [6, 6.07) is 41.9. The Kier molecular flexibility index (Phi) is 9.13. The number of hydrogen-bond acceptors (Lipinski definition) is 7. The van der Waals surface area contributed by atoms with Crippen LogP contribution in [0.2, 0.25) is 0 Å². The van der Waals surface area contributed by atoms with Crippen molar-refractivity contribution < 1.29 is 28.7 Å². The summed E-state index contributed by atoms with van der Waals surface area (Å²) in [5.74, 6) is 0.470. The molecule has 0 fully saturated rings. The summed E-state index contributed by atoms with van der Waals surface area (Å²) in [6.45, 7) is 4.01. The zero-order valence-electron chi connectivity index (χ0n) is 29.5. The quantitative estimate of drug-likeness (QED) is 0.113. The number of imide groups is 2. The fraction of sp³-hybridized carbons (Fsp3) is 0.109. The molecule has 1 unspecified atom stereocenters. The van der Waals surface area contributed by atoms with Crippen LogP contribution in [0.3, 0.4) is 0 Å². The fourth-order valence-corrected chi connectivity index (χ4v) is 7.05. The molecule has 0 radical (unpaired) electrons. The minimum absolute atomic E-state index is 0. The first-order chi connectivity index (χ1) is 26.0. The molecule has 0 N–H and O–H groups in total. The second-order valence-electron chi connectivity index (χ2n) is 13.4. The predicted molar refractivity (Wildman–Crippen MR) is 208 cm³/mol. The summed E-state index contributed by atoms with van der Waals surface area (Å²) in [5, 5.41) is 9.46. The number of benzene rings is 6. The lowest BCUT2D eigenvalue weighted by molar-refractivity contribution is 0.0692. The van der Waals surface area contributed by atoms with Crippen LogP contribution in [-0.2, 0) is 5.41 Å². The van der Waals surface area contributed by atoms with Gasteiger partial charge in [0.2, 0.25) is 0 Å². The Morgan fingerprint density at radius 3 is 1.49 bits per heavy atom. The molecule has 0 spiro atoms. The highest BCUT2D eigenvalue weighted by molar-refractivity contribution is 6.34. The number of amides is 4. The molecule has 2 aliphatic heterocycles. The Hall–Kier alpha value is -7.31. The van der Waals surface area contributed by atoms with Crippen LogP contribution in [0, 0.1) is 18.3 Å². The molecule has 0 aromatic heterocycles. The number of carbonyl (C=O) groups excluding carboxylic acids is 4. The van der Waals surface area contributed by atoms with Crippen LogP contribution < -0.4 is 14.4 Å². The number of ether oxygens (including phenoxy) is 2. The number of anilines is 1. The van der Waals surface area contributed by atoms with Crippen molar-refractivity contribution in [2.75, 3.05) is 11.9 Å². The zero-order valence-corrected chi connectivity index (χ0v) is 29.5. The molecule has 270 valence electrons. The van der Waals surface area contributed by atoms with Crippen LogP contribution in [0.5, 0.6) is 23.0 Å². The molecule has 2 heterocycles. The van der Waals surface area contributed by atoms with E-state index in [4.69, 9.17) is 9.47 Å². The van der Waals surface area contributed by atoms with Crippen molar-refractivity contribution in [2.45, 2.75) is 26.7 Å². The fourth-order valence-electron chi connectivity index (χ4n) is 7.05. The van der Waals surface area contributed by atoms with E-state index in [1.807, 2.05) is 79.7 Å². The normalized spacial score (nSPS) is 14.1. The average Bonchev–Trinajstić information content (AvgIpc) is 3.57. The van der Waals surface area contributed by atoms with Gasteiger partial charge in [-0.05, 0) is 121 Å². The van der Waals surface area contributed by atoms with Gasteiger partial charge in [-0.2, -0.15) is 5.26 Å². The molecular weight excluding hydrogens is 691 g/mol. The van der Waals surface area contributed by atoms with Gasteiger partial charge in [-0.3, -0.25) is 24.1 Å². The van der Waals surface area contributed by atoms with Gasteiger partial charge in [-0.25, -0.2) is 4.90 Å². The van der Waals surface area contributed by atoms with Gasteiger partial charge < -0.3 is 9.47 Å². The Balaban J connectivity index is 0.00000465. The van der Waals surface area contributed by atoms with Crippen molar-refractivity contribution in [2.24, 2.45) is 0 Å². The van der Waals surface area contributed by atoms with E-state index in [0.29, 0.717) is 50.9 Å². The van der Waals surface area contributed by atoms with E-state index in [2.05, 4.69) is 13.0 Å². The Morgan fingerprint density at radius 2 is 0.982 bits per heavy atom. The van der Waals surface area contributed by atoms with E-state index >= 15 is 0 Å². The van der Waals surface area contributed by atoms with Crippen molar-refractivity contribution in [1.29, 1.82) is 5.26 Å². The first kappa shape index (κ1) is 36.1. The topological polar surface area (TPSA) is 117 Å². The van der Waals surface area contributed by atoms with Crippen LogP contribution in [0.4, 0.5) is 5.69 Å². The van der Waals surface area contributed by atoms with Crippen LogP contribution >= 0.6 is 0 Å². The Morgan fingerprint density at radius 1 is 0.545 bits per heavy atom. The highest BCUT2D eigenvalue weighted by atomic mass is 16.5. The largest absolute Gasteiger partial charge is 0.457 e. The van der Waals surface area contributed by atoms with Gasteiger partial charge in [0.25, 0.3) is 23.6 Å². The molecule has 1 atom stereocenters. The van der Waals surface area contributed by atoms with Crippen molar-refractivity contribution in [3.8, 4) is 29.1 Å². The number of fused-ring (bicyclic) bond motifs is 2. The molecule has 55 heavy (non-hydrogen) atoms. The Bertz CT molecular complexity index is 2570. The lowest BCUT2D eigenvalue weighted by Crippen LogP contribution is -2.29. The minimum Gasteiger partial charge on any atom is -0.457 e. The smallest absolute Gasteiger partial charge is 0.266 e. The van der Waals surface area contributed by atoms with Gasteiger partial charge in [0.05, 0.1) is 39.6 Å². The van der Waals surface area contributed by atoms with Crippen LogP contribution in [0.1, 0.15) is 83.6 Å². The van der Waals surface area contributed by atoms with E-state index in [-0.39, 0.29) is 30.7 Å². The predicted octanol–water partition coefficient (Wildman–Crippen LogP) is 9.47. The number of carbonyl (C=O) groups is 4. The van der Waals surface area contributed by atoms with Gasteiger partial charge in [-0.1, -0.05) is 56.0 Å². The van der Waals surface area contributed by atoms with Gasteiger partial charge in [0.15, 0.2) is 0 Å². The van der Waals surface area contributed by atoms with Crippen molar-refractivity contribution in [3.05, 3.63) is 184 Å². The number of hydrogen-bond donors (Lipinski definition) is 0. The van der Waals surface area contributed by atoms with Crippen molar-refractivity contribution in [1.82, 2.24) is 4.90 Å². The number of nitriles is 1. The Labute approximate surface area is 318 Å². The first-order valence-corrected chi connectivity index (χ1v) is 17.2. The molecule has 9 nitrogen and oxygen atoms in total. The molecule has 0 bridgehead atoms. The second kappa shape index (κ2) is 13.9. The average molecular weight is 726 g/mol. The molecule has 6 aromatic carbocycles. The maximum atomic E-state index is 13.4. The monoisotopic (exact) mass is 725 g/mol. The highest BCUT2D eigenvalue weighted by Crippen LogP contribution is 2.41. The van der Waals surface area contributed by atoms with Crippen molar-refractivity contribution in [3.63, 3.8) is 0 Å². The van der Waals surface area contributed by atoms with E-state index in [1.54, 1.807) is 60.7 Å². The van der Waals surface area contributed by atoms with Crippen LogP contribution in [-0.4, -0.2) is 35.6 Å². The summed E-state index contributed by atoms with van der Waals surface area (Å²) >= 11 is 0. The minimum atomic E-state index is -0.671. The van der Waals surface area contributed by atoms with Crippen LogP contribution in [0.15, 0.2) is 133 Å². The highest BCUT2D eigenvalue weighted by Gasteiger charge is 2.37. The molecule has 9 heteroatoms. The van der Waals surface area contributed by atoms with Crippen molar-refractivity contribution >= 4 is 29.3 Å². The summed E-state index contributed by atoms with van der Waals surface area (Å²) in [5.41, 5.74) is 5.45. The van der Waals surface area contributed by atoms with Gasteiger partial charge in [0, 0.05) is 12.5 Å². The molecular formula is C46H35N3O6. The SMILES string of the molecule is C.Cc1cccc(N2C(=O)c3ccc(Oc4ccc(C(C)(c5ccc(C#N)cc5)c5ccc(Oc6ccc7c(c6)C(=O)N(C)C7=O)cc5)cc4)cc3C2=O)c1. The second-order valence-corrected chi connectivity index (χ2v) is 13.4. The zero-order chi connectivity index (χ0) is 37.7. The summed E-state index contributed by atoms with van der Waals surface area (Å²) in [6.07, 6.45) is 0. The third kappa shape index (κ3) is 6.19. The maximum Gasteiger partial charge on any atom is 0.266 e. The maximum absolute atomic E-state index is 13.4. The van der Waals surface area contributed by atoms with Gasteiger partial charge in [-0.15, -0.1) is 0 Å². The molecule has 8 rings (SSSR count). The molecule has 6 aromatic rings. The third-order valence-electron chi connectivity index (χ3n) is 10.1. The van der Waals surface area contributed by atoms with E-state index in [0.717, 1.165) is 27.2 Å². The number of rotatable bonds is 8. The molecule has 2 aliphatic rings. The molecule has 4 amide bonds. The third-order valence-corrected chi connectivity index (χ3v) is 10.1.